The molecule has 120 valence electrons. The van der Waals surface area contributed by atoms with Crippen molar-refractivity contribution in [1.29, 1.82) is 0 Å². The molecule has 0 aliphatic carbocycles. The summed E-state index contributed by atoms with van der Waals surface area (Å²) < 4.78 is 13.2. The molecule has 2 rings (SSSR count). The number of nitrogens with zero attached hydrogens (tertiary/aromatic N) is 1. The molecule has 6 heteroatoms. The Kier molecular flexibility index (Phi) is 4.75. The zero-order valence-electron chi connectivity index (χ0n) is 13.0. The van der Waals surface area contributed by atoms with Crippen molar-refractivity contribution in [3.05, 3.63) is 34.6 Å². The Morgan fingerprint density at radius 3 is 2.73 bits per heavy atom. The molecule has 2 amide bonds. The van der Waals surface area contributed by atoms with Gasteiger partial charge in [-0.15, -0.1) is 0 Å². The molecule has 1 aromatic carbocycles. The van der Waals surface area contributed by atoms with Crippen molar-refractivity contribution in [2.24, 2.45) is 5.92 Å². The average molecular weight is 327 g/mol. The maximum atomic E-state index is 13.2. The van der Waals surface area contributed by atoms with Gasteiger partial charge in [0.25, 0.3) is 5.91 Å². The van der Waals surface area contributed by atoms with Crippen LogP contribution in [0.4, 0.5) is 4.39 Å². The molecule has 0 aromatic heterocycles. The van der Waals surface area contributed by atoms with E-state index in [4.69, 9.17) is 11.6 Å². The molecule has 1 saturated heterocycles. The number of rotatable bonds is 3. The quantitative estimate of drug-likeness (QED) is 0.928. The van der Waals surface area contributed by atoms with Gasteiger partial charge in [0.05, 0.1) is 10.6 Å². The van der Waals surface area contributed by atoms with Crippen LogP contribution in [0.1, 0.15) is 37.6 Å². The van der Waals surface area contributed by atoms with E-state index in [0.29, 0.717) is 19.5 Å². The second-order valence-corrected chi connectivity index (χ2v) is 6.99. The minimum Gasteiger partial charge on any atom is -0.352 e. The number of carbonyl (C=O) groups is 2. The number of amides is 2. The Morgan fingerprint density at radius 2 is 2.14 bits per heavy atom. The van der Waals surface area contributed by atoms with Crippen LogP contribution in [0.15, 0.2) is 18.2 Å². The van der Waals surface area contributed by atoms with Gasteiger partial charge in [-0.2, -0.15) is 0 Å². The van der Waals surface area contributed by atoms with E-state index in [1.54, 1.807) is 0 Å². The number of likely N-dealkylation sites (tertiary alicyclic amines) is 1. The smallest absolute Gasteiger partial charge is 0.252 e. The van der Waals surface area contributed by atoms with Gasteiger partial charge in [-0.1, -0.05) is 11.6 Å². The molecule has 22 heavy (non-hydrogen) atoms. The van der Waals surface area contributed by atoms with E-state index in [9.17, 15) is 14.0 Å². The molecule has 0 unspecified atom stereocenters. The van der Waals surface area contributed by atoms with Crippen LogP contribution >= 0.6 is 11.6 Å². The van der Waals surface area contributed by atoms with Crippen molar-refractivity contribution in [3.63, 3.8) is 0 Å². The summed E-state index contributed by atoms with van der Waals surface area (Å²) in [5, 5.41) is 2.94. The van der Waals surface area contributed by atoms with Crippen LogP contribution in [0.5, 0.6) is 0 Å². The van der Waals surface area contributed by atoms with E-state index in [2.05, 4.69) is 5.32 Å². The van der Waals surface area contributed by atoms with E-state index in [0.717, 1.165) is 6.07 Å². The zero-order valence-corrected chi connectivity index (χ0v) is 13.7. The van der Waals surface area contributed by atoms with Gasteiger partial charge >= 0.3 is 0 Å². The standard InChI is InChI=1S/C16H20ClFN2O2/c1-16(2,3)20-9-10(6-14(20)21)8-19-15(22)12-7-11(18)4-5-13(12)17/h4-5,7,10H,6,8-9H2,1-3H3,(H,19,22)/t10-/m0/s1. The van der Waals surface area contributed by atoms with Gasteiger partial charge in [0.15, 0.2) is 0 Å². The van der Waals surface area contributed by atoms with Gasteiger partial charge in [0.1, 0.15) is 5.82 Å². The number of hydrogen-bond acceptors (Lipinski definition) is 2. The van der Waals surface area contributed by atoms with Crippen molar-refractivity contribution in [2.45, 2.75) is 32.7 Å². The first kappa shape index (κ1) is 16.7. The molecule has 1 heterocycles. The second-order valence-electron chi connectivity index (χ2n) is 6.58. The predicted octanol–water partition coefficient (Wildman–Crippen LogP) is 2.86. The van der Waals surface area contributed by atoms with E-state index in [-0.39, 0.29) is 28.0 Å². The zero-order chi connectivity index (χ0) is 16.5. The summed E-state index contributed by atoms with van der Waals surface area (Å²) in [5.74, 6) is -0.783. The molecule has 1 aliphatic rings. The molecule has 1 fully saturated rings. The van der Waals surface area contributed by atoms with Crippen molar-refractivity contribution < 1.29 is 14.0 Å². The monoisotopic (exact) mass is 326 g/mol. The fourth-order valence-electron chi connectivity index (χ4n) is 2.57. The SMILES string of the molecule is CC(C)(C)N1C[C@H](CNC(=O)c2cc(F)ccc2Cl)CC1=O. The van der Waals surface area contributed by atoms with Crippen molar-refractivity contribution in [2.75, 3.05) is 13.1 Å². The molecule has 0 spiro atoms. The maximum absolute atomic E-state index is 13.2. The second kappa shape index (κ2) is 6.24. The Balaban J connectivity index is 1.95. The molecule has 0 saturated carbocycles. The van der Waals surface area contributed by atoms with E-state index in [1.165, 1.54) is 12.1 Å². The minimum atomic E-state index is -0.510. The van der Waals surface area contributed by atoms with Gasteiger partial charge in [0, 0.05) is 31.0 Å². The lowest BCUT2D eigenvalue weighted by atomic mass is 10.1. The first-order chi connectivity index (χ1) is 10.2. The van der Waals surface area contributed by atoms with Crippen LogP contribution in [-0.4, -0.2) is 35.3 Å². The fraction of sp³-hybridized carbons (Fsp3) is 0.500. The van der Waals surface area contributed by atoms with Crippen molar-refractivity contribution in [1.82, 2.24) is 10.2 Å². The molecule has 1 aliphatic heterocycles. The highest BCUT2D eigenvalue weighted by Crippen LogP contribution is 2.25. The first-order valence-corrected chi connectivity index (χ1v) is 7.60. The van der Waals surface area contributed by atoms with Crippen molar-refractivity contribution >= 4 is 23.4 Å². The number of halogens is 2. The number of benzene rings is 1. The highest BCUT2D eigenvalue weighted by molar-refractivity contribution is 6.33. The van der Waals surface area contributed by atoms with E-state index in [1.807, 2.05) is 25.7 Å². The Bertz CT molecular complexity index is 598. The van der Waals surface area contributed by atoms with Gasteiger partial charge in [0.2, 0.25) is 5.91 Å². The fourth-order valence-corrected chi connectivity index (χ4v) is 2.77. The summed E-state index contributed by atoms with van der Waals surface area (Å²) in [7, 11) is 0. The third-order valence-electron chi connectivity index (χ3n) is 3.74. The summed E-state index contributed by atoms with van der Waals surface area (Å²) in [4.78, 5) is 25.9. The number of carbonyl (C=O) groups excluding carboxylic acids is 2. The lowest BCUT2D eigenvalue weighted by Crippen LogP contribution is -2.42. The average Bonchev–Trinajstić information content (AvgIpc) is 2.80. The third kappa shape index (κ3) is 3.77. The van der Waals surface area contributed by atoms with Crippen LogP contribution in [0.25, 0.3) is 0 Å². The predicted molar refractivity (Wildman–Crippen MR) is 83.3 cm³/mol. The highest BCUT2D eigenvalue weighted by atomic mass is 35.5. The normalized spacial score (nSPS) is 18.7. The summed E-state index contributed by atoms with van der Waals surface area (Å²) in [6.07, 6.45) is 0.411. The van der Waals surface area contributed by atoms with Gasteiger partial charge in [-0.3, -0.25) is 9.59 Å². The Morgan fingerprint density at radius 1 is 1.45 bits per heavy atom. The highest BCUT2D eigenvalue weighted by Gasteiger charge is 2.36. The van der Waals surface area contributed by atoms with Crippen LogP contribution in [0.2, 0.25) is 5.02 Å². The largest absolute Gasteiger partial charge is 0.352 e. The molecule has 1 N–H and O–H groups in total. The molecular formula is C16H20ClFN2O2. The molecular weight excluding hydrogens is 307 g/mol. The molecule has 0 radical (unpaired) electrons. The lowest BCUT2D eigenvalue weighted by molar-refractivity contribution is -0.131. The Labute approximate surface area is 134 Å². The number of hydrogen-bond donors (Lipinski definition) is 1. The lowest BCUT2D eigenvalue weighted by Gasteiger charge is -2.32. The Hall–Kier alpha value is -1.62. The summed E-state index contributed by atoms with van der Waals surface area (Å²) in [6, 6.07) is 3.67. The van der Waals surface area contributed by atoms with Crippen LogP contribution in [0.3, 0.4) is 0 Å². The molecule has 0 bridgehead atoms. The molecule has 1 aromatic rings. The molecule has 1 atom stereocenters. The van der Waals surface area contributed by atoms with Crippen LogP contribution in [0, 0.1) is 11.7 Å². The van der Waals surface area contributed by atoms with Crippen LogP contribution in [-0.2, 0) is 4.79 Å². The summed E-state index contributed by atoms with van der Waals surface area (Å²) >= 11 is 5.90. The summed E-state index contributed by atoms with van der Waals surface area (Å²) in [6.45, 7) is 6.93. The minimum absolute atomic E-state index is 0.0583. The van der Waals surface area contributed by atoms with Gasteiger partial charge in [-0.05, 0) is 39.0 Å². The van der Waals surface area contributed by atoms with Crippen LogP contribution < -0.4 is 5.32 Å². The van der Waals surface area contributed by atoms with E-state index >= 15 is 0 Å². The van der Waals surface area contributed by atoms with Gasteiger partial charge in [-0.25, -0.2) is 4.39 Å². The molecule has 4 nitrogen and oxygen atoms in total. The van der Waals surface area contributed by atoms with E-state index < -0.39 is 11.7 Å². The summed E-state index contributed by atoms with van der Waals surface area (Å²) in [5.41, 5.74) is -0.111. The number of nitrogens with one attached hydrogen (secondary N) is 1. The van der Waals surface area contributed by atoms with Crippen molar-refractivity contribution in [3.8, 4) is 0 Å². The maximum Gasteiger partial charge on any atom is 0.252 e. The first-order valence-electron chi connectivity index (χ1n) is 7.22. The topological polar surface area (TPSA) is 49.4 Å². The van der Waals surface area contributed by atoms with Gasteiger partial charge < -0.3 is 10.2 Å². The third-order valence-corrected chi connectivity index (χ3v) is 4.07.